The minimum Gasteiger partial charge on any atom is -0.393 e. The Morgan fingerprint density at radius 3 is 2.96 bits per heavy atom. The number of anilines is 3. The summed E-state index contributed by atoms with van der Waals surface area (Å²) in [6.45, 7) is 1.96. The number of aliphatic hydroxyl groups excluding tert-OH is 1. The van der Waals surface area contributed by atoms with Gasteiger partial charge < -0.3 is 15.7 Å². The first-order valence-corrected chi connectivity index (χ1v) is 9.23. The molecule has 6 nitrogen and oxygen atoms in total. The van der Waals surface area contributed by atoms with Crippen molar-refractivity contribution in [3.63, 3.8) is 0 Å². The largest absolute Gasteiger partial charge is 0.393 e. The van der Waals surface area contributed by atoms with Crippen LogP contribution in [0.15, 0.2) is 17.5 Å². The number of fused-ring (bicyclic) bond motifs is 1. The normalized spacial score (nSPS) is 21.0. The Kier molecular flexibility index (Phi) is 3.88. The van der Waals surface area contributed by atoms with Crippen LogP contribution >= 0.6 is 22.9 Å². The summed E-state index contributed by atoms with van der Waals surface area (Å²) in [7, 11) is 0. The molecule has 0 spiro atoms. The van der Waals surface area contributed by atoms with Gasteiger partial charge in [0.05, 0.1) is 22.0 Å². The molecule has 1 fully saturated rings. The lowest BCUT2D eigenvalue weighted by atomic mass is 10.2. The number of nitrogens with zero attached hydrogens (tertiary/aromatic N) is 3. The molecule has 3 aromatic heterocycles. The lowest BCUT2D eigenvalue weighted by Gasteiger charge is -2.14. The molecule has 1 aliphatic rings. The number of hydrogen-bond acceptors (Lipinski definition) is 8. The van der Waals surface area contributed by atoms with E-state index in [1.165, 1.54) is 11.5 Å². The highest BCUT2D eigenvalue weighted by Crippen LogP contribution is 2.31. The SMILES string of the molecule is Cc1cc(Nc2nc(N[C@H]3CC[C@H](O)C3)c3sccc3n2)sn1. The molecule has 120 valence electrons. The fraction of sp³-hybridized carbons (Fsp3) is 0.400. The van der Waals surface area contributed by atoms with Crippen molar-refractivity contribution in [1.82, 2.24) is 14.3 Å². The Morgan fingerprint density at radius 1 is 1.30 bits per heavy atom. The first-order chi connectivity index (χ1) is 11.2. The predicted molar refractivity (Wildman–Crippen MR) is 94.8 cm³/mol. The Morgan fingerprint density at radius 2 is 2.22 bits per heavy atom. The molecular formula is C15H17N5OS2. The number of rotatable bonds is 4. The third kappa shape index (κ3) is 3.15. The van der Waals surface area contributed by atoms with E-state index in [-0.39, 0.29) is 12.1 Å². The highest BCUT2D eigenvalue weighted by Gasteiger charge is 2.24. The molecule has 0 aliphatic heterocycles. The van der Waals surface area contributed by atoms with E-state index >= 15 is 0 Å². The van der Waals surface area contributed by atoms with Gasteiger partial charge in [0, 0.05) is 6.04 Å². The highest BCUT2D eigenvalue weighted by molar-refractivity contribution is 7.17. The zero-order valence-electron chi connectivity index (χ0n) is 12.6. The van der Waals surface area contributed by atoms with Gasteiger partial charge in [-0.1, -0.05) is 0 Å². The van der Waals surface area contributed by atoms with E-state index in [2.05, 4.69) is 25.0 Å². The van der Waals surface area contributed by atoms with Crippen LogP contribution in [0.2, 0.25) is 0 Å². The number of aryl methyl sites for hydroxylation is 1. The summed E-state index contributed by atoms with van der Waals surface area (Å²) in [4.78, 5) is 9.21. The molecule has 0 unspecified atom stereocenters. The molecule has 0 aromatic carbocycles. The maximum atomic E-state index is 9.71. The van der Waals surface area contributed by atoms with Crippen LogP contribution in [0.4, 0.5) is 16.8 Å². The zero-order valence-corrected chi connectivity index (χ0v) is 14.2. The first-order valence-electron chi connectivity index (χ1n) is 7.57. The second kappa shape index (κ2) is 6.03. The number of aromatic nitrogens is 3. The topological polar surface area (TPSA) is 83.0 Å². The van der Waals surface area contributed by atoms with Gasteiger partial charge in [-0.25, -0.2) is 4.98 Å². The average Bonchev–Trinajstić information content (AvgIpc) is 3.22. The van der Waals surface area contributed by atoms with Crippen molar-refractivity contribution in [1.29, 1.82) is 0 Å². The van der Waals surface area contributed by atoms with Crippen molar-refractivity contribution >= 4 is 49.9 Å². The lowest BCUT2D eigenvalue weighted by Crippen LogP contribution is -2.18. The molecule has 8 heteroatoms. The van der Waals surface area contributed by atoms with Crippen molar-refractivity contribution < 1.29 is 5.11 Å². The molecule has 2 atom stereocenters. The Bertz CT molecular complexity index is 830. The number of aliphatic hydroxyl groups is 1. The van der Waals surface area contributed by atoms with Crippen molar-refractivity contribution in [2.45, 2.75) is 38.3 Å². The Balaban J connectivity index is 1.64. The minimum atomic E-state index is -0.203. The summed E-state index contributed by atoms with van der Waals surface area (Å²) >= 11 is 3.03. The number of nitrogens with one attached hydrogen (secondary N) is 2. The van der Waals surface area contributed by atoms with Gasteiger partial charge >= 0.3 is 0 Å². The van der Waals surface area contributed by atoms with E-state index in [1.54, 1.807) is 11.3 Å². The van der Waals surface area contributed by atoms with Crippen LogP contribution < -0.4 is 10.6 Å². The maximum absolute atomic E-state index is 9.71. The molecular weight excluding hydrogens is 330 g/mol. The summed E-state index contributed by atoms with van der Waals surface area (Å²) < 4.78 is 5.31. The molecule has 0 radical (unpaired) electrons. The molecule has 3 N–H and O–H groups in total. The van der Waals surface area contributed by atoms with Gasteiger partial charge in [0.2, 0.25) is 5.95 Å². The first kappa shape index (κ1) is 14.8. The van der Waals surface area contributed by atoms with Gasteiger partial charge in [-0.3, -0.25) is 0 Å². The van der Waals surface area contributed by atoms with Crippen molar-refractivity contribution in [3.05, 3.63) is 23.2 Å². The van der Waals surface area contributed by atoms with E-state index in [0.29, 0.717) is 5.95 Å². The van der Waals surface area contributed by atoms with Crippen molar-refractivity contribution in [3.8, 4) is 0 Å². The maximum Gasteiger partial charge on any atom is 0.230 e. The van der Waals surface area contributed by atoms with Crippen LogP contribution in [-0.2, 0) is 0 Å². The van der Waals surface area contributed by atoms with Gasteiger partial charge in [0.15, 0.2) is 0 Å². The Labute approximate surface area is 141 Å². The molecule has 3 aromatic rings. The van der Waals surface area contributed by atoms with Gasteiger partial charge in [-0.05, 0) is 55.2 Å². The van der Waals surface area contributed by atoms with Gasteiger partial charge in [-0.15, -0.1) is 11.3 Å². The van der Waals surface area contributed by atoms with E-state index in [9.17, 15) is 5.11 Å². The number of thiophene rings is 1. The van der Waals surface area contributed by atoms with Crippen LogP contribution in [0.1, 0.15) is 25.0 Å². The summed E-state index contributed by atoms with van der Waals surface area (Å²) in [5.74, 6) is 1.41. The van der Waals surface area contributed by atoms with Crippen LogP contribution in [0.3, 0.4) is 0 Å². The van der Waals surface area contributed by atoms with Crippen molar-refractivity contribution in [2.24, 2.45) is 0 Å². The number of hydrogen-bond donors (Lipinski definition) is 3. The molecule has 0 amide bonds. The lowest BCUT2D eigenvalue weighted by molar-refractivity contribution is 0.182. The molecule has 0 bridgehead atoms. The predicted octanol–water partition coefficient (Wildman–Crippen LogP) is 3.53. The second-order valence-corrected chi connectivity index (χ2v) is 7.52. The summed E-state index contributed by atoms with van der Waals surface area (Å²) in [5, 5.41) is 19.4. The summed E-state index contributed by atoms with van der Waals surface area (Å²) in [6.07, 6.45) is 2.38. The molecule has 3 heterocycles. The summed E-state index contributed by atoms with van der Waals surface area (Å²) in [5.41, 5.74) is 1.90. The fourth-order valence-corrected chi connectivity index (χ4v) is 4.27. The van der Waals surface area contributed by atoms with Crippen LogP contribution in [-0.4, -0.2) is 31.6 Å². The molecule has 23 heavy (non-hydrogen) atoms. The van der Waals surface area contributed by atoms with Gasteiger partial charge in [0.25, 0.3) is 0 Å². The molecule has 1 saturated carbocycles. The van der Waals surface area contributed by atoms with E-state index in [4.69, 9.17) is 0 Å². The van der Waals surface area contributed by atoms with E-state index < -0.39 is 0 Å². The molecule has 0 saturated heterocycles. The fourth-order valence-electron chi connectivity index (χ4n) is 2.83. The average molecular weight is 347 g/mol. The van der Waals surface area contributed by atoms with Crippen LogP contribution in [0.5, 0.6) is 0 Å². The van der Waals surface area contributed by atoms with Crippen LogP contribution in [0, 0.1) is 6.92 Å². The third-order valence-corrected chi connectivity index (χ3v) is 5.62. The monoisotopic (exact) mass is 347 g/mol. The Hall–Kier alpha value is -1.77. The quantitative estimate of drug-likeness (QED) is 0.670. The minimum absolute atomic E-state index is 0.203. The van der Waals surface area contributed by atoms with Gasteiger partial charge in [0.1, 0.15) is 10.8 Å². The van der Waals surface area contributed by atoms with Crippen LogP contribution in [0.25, 0.3) is 10.2 Å². The highest BCUT2D eigenvalue weighted by atomic mass is 32.1. The van der Waals surface area contributed by atoms with E-state index in [0.717, 1.165) is 46.0 Å². The summed E-state index contributed by atoms with van der Waals surface area (Å²) in [6, 6.07) is 4.25. The standard InChI is InChI=1S/C15H17N5OS2/c1-8-6-12(23-20-8)18-15-17-11-4-5-22-13(11)14(19-15)16-9-2-3-10(21)7-9/h4-6,9-10,21H,2-3,7H2,1H3,(H2,16,17,18,19)/t9-,10-/m0/s1. The van der Waals surface area contributed by atoms with Crippen molar-refractivity contribution in [2.75, 3.05) is 10.6 Å². The molecule has 4 rings (SSSR count). The van der Waals surface area contributed by atoms with E-state index in [1.807, 2.05) is 24.4 Å². The zero-order chi connectivity index (χ0) is 15.8. The van der Waals surface area contributed by atoms with Gasteiger partial charge in [-0.2, -0.15) is 9.36 Å². The molecule has 1 aliphatic carbocycles. The third-order valence-electron chi connectivity index (χ3n) is 3.91. The second-order valence-electron chi connectivity index (χ2n) is 5.80. The smallest absolute Gasteiger partial charge is 0.230 e.